The third-order valence-corrected chi connectivity index (χ3v) is 4.99. The lowest BCUT2D eigenvalue weighted by Crippen LogP contribution is -2.27. The molecule has 8 heteroatoms. The van der Waals surface area contributed by atoms with E-state index < -0.39 is 6.04 Å². The average molecular weight is 396 g/mol. The molecule has 2 heterocycles. The van der Waals surface area contributed by atoms with Crippen molar-refractivity contribution >= 4 is 23.3 Å². The fourth-order valence-electron chi connectivity index (χ4n) is 3.33. The third-order valence-electron chi connectivity index (χ3n) is 4.62. The number of hydrogen-bond acceptors (Lipinski definition) is 6. The molecule has 2 aromatic carbocycles. The number of Topliss-reactive ketones (excluding diaryl/α,β-unsaturated/α-hetero) is 1. The van der Waals surface area contributed by atoms with Crippen LogP contribution in [0.2, 0.25) is 5.02 Å². The lowest BCUT2D eigenvalue weighted by Gasteiger charge is -2.27. The quantitative estimate of drug-likeness (QED) is 0.707. The molecule has 0 spiro atoms. The summed E-state index contributed by atoms with van der Waals surface area (Å²) in [6, 6.07) is 14.7. The number of ketones is 1. The average Bonchev–Trinajstić information content (AvgIpc) is 3.14. The molecule has 0 saturated heterocycles. The van der Waals surface area contributed by atoms with Gasteiger partial charge in [-0.05, 0) is 48.0 Å². The molecule has 7 nitrogen and oxygen atoms in total. The van der Waals surface area contributed by atoms with Gasteiger partial charge in [-0.2, -0.15) is 4.68 Å². The van der Waals surface area contributed by atoms with E-state index in [-0.39, 0.29) is 5.78 Å². The highest BCUT2D eigenvalue weighted by molar-refractivity contribution is 6.31. The minimum absolute atomic E-state index is 0.0430. The van der Waals surface area contributed by atoms with Gasteiger partial charge in [0.05, 0.1) is 0 Å². The van der Waals surface area contributed by atoms with Crippen LogP contribution in [-0.4, -0.2) is 26.0 Å². The molecule has 0 radical (unpaired) electrons. The van der Waals surface area contributed by atoms with Gasteiger partial charge in [-0.3, -0.25) is 4.79 Å². The molecule has 0 amide bonds. The van der Waals surface area contributed by atoms with E-state index in [1.165, 1.54) is 0 Å². The van der Waals surface area contributed by atoms with Crippen LogP contribution in [0.15, 0.2) is 59.8 Å². The van der Waals surface area contributed by atoms with Crippen LogP contribution < -0.4 is 10.1 Å². The minimum Gasteiger partial charge on any atom is -0.489 e. The highest BCUT2D eigenvalue weighted by Crippen LogP contribution is 2.35. The van der Waals surface area contributed by atoms with Crippen molar-refractivity contribution in [3.05, 3.63) is 76.0 Å². The van der Waals surface area contributed by atoms with Gasteiger partial charge < -0.3 is 10.1 Å². The van der Waals surface area contributed by atoms with Crippen LogP contribution in [0.3, 0.4) is 0 Å². The fraction of sp³-hybridized carbons (Fsp3) is 0.200. The van der Waals surface area contributed by atoms with Gasteiger partial charge >= 0.3 is 0 Å². The summed E-state index contributed by atoms with van der Waals surface area (Å²) in [6.45, 7) is 3.74. The minimum atomic E-state index is -0.424. The molecule has 1 N–H and O–H groups in total. The monoisotopic (exact) mass is 395 g/mol. The molecule has 1 aliphatic heterocycles. The Labute approximate surface area is 167 Å². The van der Waals surface area contributed by atoms with Crippen molar-refractivity contribution in [1.29, 1.82) is 0 Å². The molecule has 0 aliphatic carbocycles. The molecule has 4 rings (SSSR count). The van der Waals surface area contributed by atoms with Gasteiger partial charge in [0.25, 0.3) is 0 Å². The van der Waals surface area contributed by atoms with E-state index in [4.69, 9.17) is 16.3 Å². The van der Waals surface area contributed by atoms with Gasteiger partial charge in [-0.25, -0.2) is 0 Å². The lowest BCUT2D eigenvalue weighted by atomic mass is 9.93. The number of anilines is 1. The number of halogens is 1. The molecular formula is C20H18ClN5O2. The Hall–Kier alpha value is -3.19. The third kappa shape index (κ3) is 3.36. The standard InChI is InChI=1S/C20H18ClN5O2/c1-12-18(13(2)27)19(26-20(22-12)23-24-25-26)14-7-5-8-16(10-14)28-11-15-6-3-4-9-17(15)21/h3-10,19H,11H2,1-2H3,(H,22,23,25). The van der Waals surface area contributed by atoms with Crippen LogP contribution in [0.4, 0.5) is 5.95 Å². The van der Waals surface area contributed by atoms with Crippen molar-refractivity contribution in [2.24, 2.45) is 0 Å². The molecular weight excluding hydrogens is 378 g/mol. The van der Waals surface area contributed by atoms with Crippen LogP contribution in [0, 0.1) is 0 Å². The number of allylic oxidation sites excluding steroid dienone is 2. The first-order valence-electron chi connectivity index (χ1n) is 8.77. The van der Waals surface area contributed by atoms with Crippen molar-refractivity contribution in [2.45, 2.75) is 26.5 Å². The number of hydrogen-bond donors (Lipinski definition) is 1. The summed E-state index contributed by atoms with van der Waals surface area (Å²) in [5.41, 5.74) is 3.11. The summed E-state index contributed by atoms with van der Waals surface area (Å²) in [6.07, 6.45) is 0. The number of benzene rings is 2. The van der Waals surface area contributed by atoms with E-state index in [2.05, 4.69) is 20.8 Å². The van der Waals surface area contributed by atoms with Gasteiger partial charge in [0, 0.05) is 21.9 Å². The summed E-state index contributed by atoms with van der Waals surface area (Å²) in [7, 11) is 0. The van der Waals surface area contributed by atoms with Gasteiger partial charge in [0.15, 0.2) is 5.78 Å². The number of ether oxygens (including phenoxy) is 1. The number of tetrazole rings is 1. The van der Waals surface area contributed by atoms with Crippen molar-refractivity contribution in [3.8, 4) is 5.75 Å². The van der Waals surface area contributed by atoms with Gasteiger partial charge in [-0.1, -0.05) is 47.0 Å². The smallest absolute Gasteiger partial charge is 0.248 e. The molecule has 1 unspecified atom stereocenters. The SMILES string of the molecule is CC(=O)C1=C(C)Nc2nnnn2C1c1cccc(OCc2ccccc2Cl)c1. The maximum atomic E-state index is 12.3. The Morgan fingerprint density at radius 2 is 2.07 bits per heavy atom. The molecule has 0 saturated carbocycles. The summed E-state index contributed by atoms with van der Waals surface area (Å²) in [4.78, 5) is 12.3. The van der Waals surface area contributed by atoms with Crippen molar-refractivity contribution in [3.63, 3.8) is 0 Å². The van der Waals surface area contributed by atoms with Gasteiger partial charge in [0.2, 0.25) is 5.95 Å². The second-order valence-electron chi connectivity index (χ2n) is 6.52. The topological polar surface area (TPSA) is 81.9 Å². The zero-order chi connectivity index (χ0) is 19.7. The van der Waals surface area contributed by atoms with Crippen LogP contribution >= 0.6 is 11.6 Å². The van der Waals surface area contributed by atoms with Crippen LogP contribution in [0.5, 0.6) is 5.75 Å². The molecule has 28 heavy (non-hydrogen) atoms. The Kier molecular flexibility index (Phi) is 4.83. The fourth-order valence-corrected chi connectivity index (χ4v) is 3.52. The zero-order valence-corrected chi connectivity index (χ0v) is 16.1. The summed E-state index contributed by atoms with van der Waals surface area (Å²) < 4.78 is 7.54. The number of carbonyl (C=O) groups excluding carboxylic acids is 1. The Morgan fingerprint density at radius 3 is 2.86 bits per heavy atom. The van der Waals surface area contributed by atoms with E-state index in [0.717, 1.165) is 16.8 Å². The van der Waals surface area contributed by atoms with Crippen molar-refractivity contribution < 1.29 is 9.53 Å². The maximum absolute atomic E-state index is 12.3. The highest BCUT2D eigenvalue weighted by Gasteiger charge is 2.32. The molecule has 1 aliphatic rings. The number of nitrogens with zero attached hydrogens (tertiary/aromatic N) is 4. The Balaban J connectivity index is 1.67. The highest BCUT2D eigenvalue weighted by atomic mass is 35.5. The molecule has 142 valence electrons. The van der Waals surface area contributed by atoms with E-state index in [9.17, 15) is 4.79 Å². The van der Waals surface area contributed by atoms with E-state index in [1.54, 1.807) is 11.6 Å². The molecule has 3 aromatic rings. The predicted molar refractivity (Wildman–Crippen MR) is 105 cm³/mol. The second kappa shape index (κ2) is 7.44. The molecule has 0 bridgehead atoms. The van der Waals surface area contributed by atoms with Gasteiger partial charge in [-0.15, -0.1) is 0 Å². The zero-order valence-electron chi connectivity index (χ0n) is 15.4. The van der Waals surface area contributed by atoms with Crippen molar-refractivity contribution in [1.82, 2.24) is 20.2 Å². The number of nitrogens with one attached hydrogen (secondary N) is 1. The van der Waals surface area contributed by atoms with E-state index >= 15 is 0 Å². The van der Waals surface area contributed by atoms with E-state index in [1.807, 2.05) is 55.5 Å². The Bertz CT molecular complexity index is 1080. The largest absolute Gasteiger partial charge is 0.489 e. The summed E-state index contributed by atoms with van der Waals surface area (Å²) in [5, 5.41) is 15.5. The summed E-state index contributed by atoms with van der Waals surface area (Å²) >= 11 is 6.20. The van der Waals surface area contributed by atoms with Crippen LogP contribution in [-0.2, 0) is 11.4 Å². The molecule has 1 atom stereocenters. The predicted octanol–water partition coefficient (Wildman–Crippen LogP) is 3.78. The van der Waals surface area contributed by atoms with Crippen molar-refractivity contribution in [2.75, 3.05) is 5.32 Å². The van der Waals surface area contributed by atoms with Gasteiger partial charge in [0.1, 0.15) is 18.4 Å². The number of fused-ring (bicyclic) bond motifs is 1. The molecule has 1 aromatic heterocycles. The van der Waals surface area contributed by atoms with E-state index in [0.29, 0.717) is 28.9 Å². The Morgan fingerprint density at radius 1 is 1.25 bits per heavy atom. The summed E-state index contributed by atoms with van der Waals surface area (Å²) in [5.74, 6) is 1.12. The maximum Gasteiger partial charge on any atom is 0.248 e. The van der Waals surface area contributed by atoms with Crippen LogP contribution in [0.1, 0.15) is 31.0 Å². The first-order valence-corrected chi connectivity index (χ1v) is 9.15. The number of aromatic nitrogens is 4. The number of rotatable bonds is 5. The molecule has 0 fully saturated rings. The first-order chi connectivity index (χ1) is 13.5. The first kappa shape index (κ1) is 18.2. The normalized spacial score (nSPS) is 15.8. The second-order valence-corrected chi connectivity index (χ2v) is 6.93. The lowest BCUT2D eigenvalue weighted by molar-refractivity contribution is -0.114. The number of carbonyl (C=O) groups is 1. The van der Waals surface area contributed by atoms with Crippen LogP contribution in [0.25, 0.3) is 0 Å².